The maximum atomic E-state index is 11.4. The van der Waals surface area contributed by atoms with Gasteiger partial charge in [-0.2, -0.15) is 5.26 Å². The molecular weight excluding hydrogens is 214 g/mol. The zero-order valence-corrected chi connectivity index (χ0v) is 10.2. The van der Waals surface area contributed by atoms with Gasteiger partial charge in [-0.05, 0) is 44.5 Å². The van der Waals surface area contributed by atoms with Gasteiger partial charge in [0.05, 0.1) is 11.6 Å². The van der Waals surface area contributed by atoms with Crippen molar-refractivity contribution in [1.82, 2.24) is 0 Å². The van der Waals surface area contributed by atoms with E-state index in [0.717, 1.165) is 5.56 Å². The average molecular weight is 229 g/mol. The van der Waals surface area contributed by atoms with Crippen LogP contribution in [-0.2, 0) is 9.53 Å². The van der Waals surface area contributed by atoms with Crippen LogP contribution in [0.15, 0.2) is 30.3 Å². The summed E-state index contributed by atoms with van der Waals surface area (Å²) in [5.41, 5.74) is 0.973. The minimum absolute atomic E-state index is 0.373. The Morgan fingerprint density at radius 2 is 1.88 bits per heavy atom. The number of nitrogens with zero attached hydrogens (tertiary/aromatic N) is 1. The Labute approximate surface area is 101 Å². The predicted molar refractivity (Wildman–Crippen MR) is 66.0 cm³/mol. The van der Waals surface area contributed by atoms with Gasteiger partial charge in [0.15, 0.2) is 0 Å². The molecule has 0 aliphatic carbocycles. The van der Waals surface area contributed by atoms with E-state index < -0.39 is 5.60 Å². The molecule has 0 saturated carbocycles. The number of carbonyl (C=O) groups is 1. The van der Waals surface area contributed by atoms with E-state index in [9.17, 15) is 4.79 Å². The first-order chi connectivity index (χ1) is 7.90. The lowest BCUT2D eigenvalue weighted by Gasteiger charge is -2.17. The van der Waals surface area contributed by atoms with Crippen LogP contribution in [0.4, 0.5) is 0 Å². The van der Waals surface area contributed by atoms with E-state index >= 15 is 0 Å². The van der Waals surface area contributed by atoms with Gasteiger partial charge in [-0.1, -0.05) is 12.1 Å². The molecule has 1 rings (SSSR count). The van der Waals surface area contributed by atoms with Gasteiger partial charge >= 0.3 is 5.97 Å². The van der Waals surface area contributed by atoms with Crippen molar-refractivity contribution in [2.24, 2.45) is 0 Å². The summed E-state index contributed by atoms with van der Waals surface area (Å²) in [5.74, 6) is -0.373. The van der Waals surface area contributed by atoms with E-state index in [1.807, 2.05) is 26.8 Å². The van der Waals surface area contributed by atoms with E-state index in [-0.39, 0.29) is 5.97 Å². The standard InChI is InChI=1S/C14H15NO2/c1-14(2,3)17-13(16)9-8-11-4-6-12(10-15)7-5-11/h4-9H,1-3H3/b9-8+. The summed E-state index contributed by atoms with van der Waals surface area (Å²) in [5, 5.41) is 8.63. The molecule has 3 heteroatoms. The fraction of sp³-hybridized carbons (Fsp3) is 0.286. The molecule has 0 aromatic heterocycles. The van der Waals surface area contributed by atoms with E-state index in [1.165, 1.54) is 6.08 Å². The second-order valence-electron chi connectivity index (χ2n) is 4.60. The molecular formula is C14H15NO2. The second-order valence-corrected chi connectivity index (χ2v) is 4.60. The normalized spacial score (nSPS) is 11.2. The second kappa shape index (κ2) is 5.31. The highest BCUT2D eigenvalue weighted by Crippen LogP contribution is 2.09. The highest BCUT2D eigenvalue weighted by atomic mass is 16.6. The molecule has 0 aliphatic rings. The van der Waals surface area contributed by atoms with Crippen molar-refractivity contribution >= 4 is 12.0 Å². The van der Waals surface area contributed by atoms with Crippen molar-refractivity contribution in [2.75, 3.05) is 0 Å². The molecule has 0 spiro atoms. The van der Waals surface area contributed by atoms with Crippen LogP contribution in [-0.4, -0.2) is 11.6 Å². The Kier molecular flexibility index (Phi) is 4.06. The van der Waals surface area contributed by atoms with E-state index in [1.54, 1.807) is 30.3 Å². The number of esters is 1. The van der Waals surface area contributed by atoms with Crippen molar-refractivity contribution in [1.29, 1.82) is 5.26 Å². The monoisotopic (exact) mass is 229 g/mol. The van der Waals surface area contributed by atoms with E-state index in [0.29, 0.717) is 5.56 Å². The summed E-state index contributed by atoms with van der Waals surface area (Å²) >= 11 is 0. The third-order valence-corrected chi connectivity index (χ3v) is 1.86. The summed E-state index contributed by atoms with van der Waals surface area (Å²) in [7, 11) is 0. The molecule has 1 aromatic carbocycles. The Hall–Kier alpha value is -2.08. The Balaban J connectivity index is 2.65. The van der Waals surface area contributed by atoms with Gasteiger partial charge in [0.25, 0.3) is 0 Å². The maximum absolute atomic E-state index is 11.4. The first kappa shape index (κ1) is 13.0. The number of hydrogen-bond donors (Lipinski definition) is 0. The largest absolute Gasteiger partial charge is 0.457 e. The highest BCUT2D eigenvalue weighted by Gasteiger charge is 2.13. The molecule has 0 saturated heterocycles. The van der Waals surface area contributed by atoms with Crippen LogP contribution in [0.2, 0.25) is 0 Å². The van der Waals surface area contributed by atoms with Crippen LogP contribution >= 0.6 is 0 Å². The lowest BCUT2D eigenvalue weighted by atomic mass is 10.1. The summed E-state index contributed by atoms with van der Waals surface area (Å²) in [6.07, 6.45) is 3.04. The third kappa shape index (κ3) is 4.98. The molecule has 1 aromatic rings. The first-order valence-corrected chi connectivity index (χ1v) is 5.32. The number of nitriles is 1. The van der Waals surface area contributed by atoms with E-state index in [2.05, 4.69) is 0 Å². The molecule has 0 amide bonds. The van der Waals surface area contributed by atoms with Gasteiger partial charge < -0.3 is 4.74 Å². The Morgan fingerprint density at radius 1 is 1.29 bits per heavy atom. The molecule has 0 fully saturated rings. The Morgan fingerprint density at radius 3 is 2.35 bits per heavy atom. The number of rotatable bonds is 2. The molecule has 17 heavy (non-hydrogen) atoms. The van der Waals surface area contributed by atoms with Gasteiger partial charge in [0.1, 0.15) is 5.60 Å². The predicted octanol–water partition coefficient (Wildman–Crippen LogP) is 2.91. The maximum Gasteiger partial charge on any atom is 0.331 e. The van der Waals surface area contributed by atoms with Crippen molar-refractivity contribution in [3.63, 3.8) is 0 Å². The minimum atomic E-state index is -0.480. The van der Waals surface area contributed by atoms with Crippen LogP contribution in [0.25, 0.3) is 6.08 Å². The summed E-state index contributed by atoms with van der Waals surface area (Å²) in [6.45, 7) is 5.46. The zero-order chi connectivity index (χ0) is 12.9. The average Bonchev–Trinajstić information content (AvgIpc) is 2.25. The minimum Gasteiger partial charge on any atom is -0.457 e. The molecule has 3 nitrogen and oxygen atoms in total. The van der Waals surface area contributed by atoms with Crippen molar-refractivity contribution in [2.45, 2.75) is 26.4 Å². The molecule has 0 heterocycles. The highest BCUT2D eigenvalue weighted by molar-refractivity contribution is 5.87. The van der Waals surface area contributed by atoms with Crippen molar-refractivity contribution in [3.8, 4) is 6.07 Å². The molecule has 0 N–H and O–H groups in total. The van der Waals surface area contributed by atoms with E-state index in [4.69, 9.17) is 10.00 Å². The van der Waals surface area contributed by atoms with Crippen LogP contribution in [0, 0.1) is 11.3 Å². The summed E-state index contributed by atoms with van der Waals surface area (Å²) in [4.78, 5) is 11.4. The first-order valence-electron chi connectivity index (χ1n) is 5.32. The van der Waals surface area contributed by atoms with Gasteiger partial charge in [0, 0.05) is 6.08 Å². The molecule has 0 atom stereocenters. The number of hydrogen-bond acceptors (Lipinski definition) is 3. The molecule has 0 unspecified atom stereocenters. The lowest BCUT2D eigenvalue weighted by Crippen LogP contribution is -2.22. The molecule has 0 radical (unpaired) electrons. The number of carbonyl (C=O) groups excluding carboxylic acids is 1. The summed E-state index contributed by atoms with van der Waals surface area (Å²) in [6, 6.07) is 9.00. The SMILES string of the molecule is CC(C)(C)OC(=O)/C=C/c1ccc(C#N)cc1. The number of ether oxygens (including phenoxy) is 1. The zero-order valence-electron chi connectivity index (χ0n) is 10.2. The van der Waals surface area contributed by atoms with Gasteiger partial charge in [-0.25, -0.2) is 4.79 Å². The molecule has 0 aliphatic heterocycles. The Bertz CT molecular complexity index is 458. The number of benzene rings is 1. The van der Waals surface area contributed by atoms with Crippen LogP contribution < -0.4 is 0 Å². The quantitative estimate of drug-likeness (QED) is 0.578. The van der Waals surface area contributed by atoms with Gasteiger partial charge in [-0.3, -0.25) is 0 Å². The smallest absolute Gasteiger partial charge is 0.331 e. The lowest BCUT2D eigenvalue weighted by molar-refractivity contribution is -0.148. The van der Waals surface area contributed by atoms with Gasteiger partial charge in [0.2, 0.25) is 0 Å². The van der Waals surface area contributed by atoms with Crippen LogP contribution in [0.3, 0.4) is 0 Å². The van der Waals surface area contributed by atoms with Crippen molar-refractivity contribution in [3.05, 3.63) is 41.5 Å². The fourth-order valence-corrected chi connectivity index (χ4v) is 1.17. The van der Waals surface area contributed by atoms with Crippen molar-refractivity contribution < 1.29 is 9.53 Å². The topological polar surface area (TPSA) is 50.1 Å². The summed E-state index contributed by atoms with van der Waals surface area (Å²) < 4.78 is 5.13. The molecule has 0 bridgehead atoms. The van der Waals surface area contributed by atoms with Crippen LogP contribution in [0.5, 0.6) is 0 Å². The molecule has 88 valence electrons. The fourth-order valence-electron chi connectivity index (χ4n) is 1.17. The third-order valence-electron chi connectivity index (χ3n) is 1.86. The van der Waals surface area contributed by atoms with Gasteiger partial charge in [-0.15, -0.1) is 0 Å². The van der Waals surface area contributed by atoms with Crippen LogP contribution in [0.1, 0.15) is 31.9 Å².